The minimum absolute atomic E-state index is 0. The Kier molecular flexibility index (Phi) is 3.85. The van der Waals surface area contributed by atoms with Crippen LogP contribution in [0, 0.1) is 0 Å². The molecular formula is C13H18ClNO. The van der Waals surface area contributed by atoms with Gasteiger partial charge in [-0.1, -0.05) is 24.3 Å². The molecule has 0 N–H and O–H groups in total. The molecule has 88 valence electrons. The molecule has 1 aliphatic heterocycles. The van der Waals surface area contributed by atoms with Crippen LogP contribution in [0.5, 0.6) is 0 Å². The van der Waals surface area contributed by atoms with Crippen LogP contribution in [0.15, 0.2) is 24.3 Å². The van der Waals surface area contributed by atoms with Crippen LogP contribution in [0.3, 0.4) is 0 Å². The first-order chi connectivity index (χ1) is 7.43. The Hall–Kier alpha value is -0.570. The molecule has 1 fully saturated rings. The molecule has 1 aliphatic carbocycles. The van der Waals surface area contributed by atoms with Crippen molar-refractivity contribution in [2.24, 2.45) is 0 Å². The first-order valence-corrected chi connectivity index (χ1v) is 5.82. The lowest BCUT2D eigenvalue weighted by Gasteiger charge is -2.32. The van der Waals surface area contributed by atoms with Gasteiger partial charge in [0.15, 0.2) is 0 Å². The van der Waals surface area contributed by atoms with Crippen molar-refractivity contribution in [2.45, 2.75) is 18.9 Å². The molecule has 0 saturated carbocycles. The van der Waals surface area contributed by atoms with E-state index in [0.29, 0.717) is 0 Å². The summed E-state index contributed by atoms with van der Waals surface area (Å²) in [5.74, 6) is 0. The summed E-state index contributed by atoms with van der Waals surface area (Å²) in [5.41, 5.74) is 3.10. The molecule has 1 heterocycles. The van der Waals surface area contributed by atoms with Crippen LogP contribution >= 0.6 is 12.4 Å². The van der Waals surface area contributed by atoms with Crippen molar-refractivity contribution in [3.8, 4) is 0 Å². The van der Waals surface area contributed by atoms with E-state index in [-0.39, 0.29) is 12.4 Å². The average Bonchev–Trinajstić information content (AvgIpc) is 2.74. The first-order valence-electron chi connectivity index (χ1n) is 5.82. The van der Waals surface area contributed by atoms with Gasteiger partial charge in [-0.15, -0.1) is 12.4 Å². The van der Waals surface area contributed by atoms with E-state index in [9.17, 15) is 0 Å². The smallest absolute Gasteiger partial charge is 0.0594 e. The van der Waals surface area contributed by atoms with E-state index >= 15 is 0 Å². The third-order valence-corrected chi connectivity index (χ3v) is 3.59. The predicted octanol–water partition coefficient (Wildman–Crippen LogP) is 1.91. The van der Waals surface area contributed by atoms with E-state index < -0.39 is 0 Å². The average molecular weight is 240 g/mol. The topological polar surface area (TPSA) is 12.5 Å². The highest BCUT2D eigenvalue weighted by atomic mass is 35.5. The maximum absolute atomic E-state index is 5.39. The zero-order valence-corrected chi connectivity index (χ0v) is 10.2. The minimum atomic E-state index is 0. The summed E-state index contributed by atoms with van der Waals surface area (Å²) in [6.45, 7) is 4.04. The molecular weight excluding hydrogens is 222 g/mol. The molecule has 0 radical (unpaired) electrons. The number of nitrogens with zero attached hydrogens (tertiary/aromatic N) is 1. The Morgan fingerprint density at radius 2 is 1.56 bits per heavy atom. The van der Waals surface area contributed by atoms with Gasteiger partial charge in [0, 0.05) is 19.1 Å². The van der Waals surface area contributed by atoms with Gasteiger partial charge in [-0.25, -0.2) is 0 Å². The van der Waals surface area contributed by atoms with Gasteiger partial charge in [0.2, 0.25) is 0 Å². The molecule has 1 aromatic rings. The largest absolute Gasteiger partial charge is 0.379 e. The number of rotatable bonds is 1. The van der Waals surface area contributed by atoms with Gasteiger partial charge < -0.3 is 4.74 Å². The summed E-state index contributed by atoms with van der Waals surface area (Å²) in [6, 6.07) is 9.58. The maximum Gasteiger partial charge on any atom is 0.0594 e. The van der Waals surface area contributed by atoms with Gasteiger partial charge in [0.1, 0.15) is 0 Å². The fourth-order valence-electron chi connectivity index (χ4n) is 2.74. The fraction of sp³-hybridized carbons (Fsp3) is 0.538. The lowest BCUT2D eigenvalue weighted by molar-refractivity contribution is 0.0187. The van der Waals surface area contributed by atoms with Crippen molar-refractivity contribution in [2.75, 3.05) is 26.3 Å². The molecule has 3 heteroatoms. The monoisotopic (exact) mass is 239 g/mol. The van der Waals surface area contributed by atoms with Crippen LogP contribution in [-0.2, 0) is 17.6 Å². The van der Waals surface area contributed by atoms with Crippen molar-refractivity contribution in [3.05, 3.63) is 35.4 Å². The van der Waals surface area contributed by atoms with Crippen molar-refractivity contribution in [3.63, 3.8) is 0 Å². The summed E-state index contributed by atoms with van der Waals surface area (Å²) < 4.78 is 5.39. The maximum atomic E-state index is 5.39. The second kappa shape index (κ2) is 5.17. The molecule has 0 spiro atoms. The van der Waals surface area contributed by atoms with Crippen LogP contribution in [0.25, 0.3) is 0 Å². The highest BCUT2D eigenvalue weighted by Gasteiger charge is 2.27. The summed E-state index contributed by atoms with van der Waals surface area (Å²) in [7, 11) is 0. The van der Waals surface area contributed by atoms with Crippen molar-refractivity contribution < 1.29 is 4.74 Å². The van der Waals surface area contributed by atoms with Gasteiger partial charge in [0.05, 0.1) is 13.2 Å². The van der Waals surface area contributed by atoms with Gasteiger partial charge in [0.25, 0.3) is 0 Å². The van der Waals surface area contributed by atoms with Gasteiger partial charge >= 0.3 is 0 Å². The van der Waals surface area contributed by atoms with E-state index in [0.717, 1.165) is 32.3 Å². The third-order valence-electron chi connectivity index (χ3n) is 3.59. The van der Waals surface area contributed by atoms with Gasteiger partial charge in [-0.2, -0.15) is 0 Å². The number of benzene rings is 1. The van der Waals surface area contributed by atoms with E-state index in [4.69, 9.17) is 4.74 Å². The van der Waals surface area contributed by atoms with E-state index in [2.05, 4.69) is 29.2 Å². The lowest BCUT2D eigenvalue weighted by atomic mass is 10.1. The first kappa shape index (κ1) is 11.9. The van der Waals surface area contributed by atoms with E-state index in [1.165, 1.54) is 12.8 Å². The Bertz CT molecular complexity index is 325. The van der Waals surface area contributed by atoms with Crippen LogP contribution in [0.1, 0.15) is 11.1 Å². The number of morpholine rings is 1. The molecule has 0 aromatic heterocycles. The molecule has 2 aliphatic rings. The zero-order valence-electron chi connectivity index (χ0n) is 9.39. The Morgan fingerprint density at radius 3 is 2.12 bits per heavy atom. The highest BCUT2D eigenvalue weighted by Crippen LogP contribution is 2.25. The van der Waals surface area contributed by atoms with Gasteiger partial charge in [-0.3, -0.25) is 4.90 Å². The molecule has 0 amide bonds. The van der Waals surface area contributed by atoms with Crippen LogP contribution < -0.4 is 0 Å². The van der Waals surface area contributed by atoms with Crippen LogP contribution in [0.4, 0.5) is 0 Å². The van der Waals surface area contributed by atoms with Gasteiger partial charge in [-0.05, 0) is 24.0 Å². The number of fused-ring (bicyclic) bond motifs is 1. The number of halogens is 1. The standard InChI is InChI=1S/C13H17NO.ClH/c1-2-4-12-10-13(9-11(12)3-1)14-5-7-15-8-6-14;/h1-4,13H,5-10H2;1H. The fourth-order valence-corrected chi connectivity index (χ4v) is 2.74. The number of hydrogen-bond acceptors (Lipinski definition) is 2. The Labute approximate surface area is 103 Å². The summed E-state index contributed by atoms with van der Waals surface area (Å²) in [5, 5.41) is 0. The second-order valence-corrected chi connectivity index (χ2v) is 4.48. The second-order valence-electron chi connectivity index (χ2n) is 4.48. The molecule has 0 atom stereocenters. The van der Waals surface area contributed by atoms with E-state index in [1.54, 1.807) is 11.1 Å². The number of hydrogen-bond donors (Lipinski definition) is 0. The molecule has 16 heavy (non-hydrogen) atoms. The SMILES string of the molecule is Cl.c1ccc2c(c1)CC(N1CCOCC1)C2. The molecule has 3 rings (SSSR count). The molecule has 0 bridgehead atoms. The third kappa shape index (κ3) is 2.24. The normalized spacial score (nSPS) is 21.5. The van der Waals surface area contributed by atoms with Crippen molar-refractivity contribution >= 4 is 12.4 Å². The van der Waals surface area contributed by atoms with Crippen molar-refractivity contribution in [1.29, 1.82) is 0 Å². The zero-order chi connectivity index (χ0) is 10.1. The predicted molar refractivity (Wildman–Crippen MR) is 67.3 cm³/mol. The summed E-state index contributed by atoms with van der Waals surface area (Å²) in [4.78, 5) is 2.59. The molecule has 2 nitrogen and oxygen atoms in total. The lowest BCUT2D eigenvalue weighted by Crippen LogP contribution is -2.43. The Morgan fingerprint density at radius 1 is 1.00 bits per heavy atom. The molecule has 1 aromatic carbocycles. The summed E-state index contributed by atoms with van der Waals surface area (Å²) >= 11 is 0. The van der Waals surface area contributed by atoms with Crippen LogP contribution in [0.2, 0.25) is 0 Å². The number of ether oxygens (including phenoxy) is 1. The minimum Gasteiger partial charge on any atom is -0.379 e. The summed E-state index contributed by atoms with van der Waals surface area (Å²) in [6.07, 6.45) is 2.46. The Balaban J connectivity index is 0.000000963. The quantitative estimate of drug-likeness (QED) is 0.743. The van der Waals surface area contributed by atoms with E-state index in [1.807, 2.05) is 0 Å². The van der Waals surface area contributed by atoms with Crippen LogP contribution in [-0.4, -0.2) is 37.2 Å². The highest BCUT2D eigenvalue weighted by molar-refractivity contribution is 5.85. The molecule has 1 saturated heterocycles. The van der Waals surface area contributed by atoms with Crippen molar-refractivity contribution in [1.82, 2.24) is 4.90 Å². The molecule has 0 unspecified atom stereocenters.